The lowest BCUT2D eigenvalue weighted by Crippen LogP contribution is -2.30. The number of sulfonamides is 1. The molecule has 6 heteroatoms. The Hall–Kier alpha value is -0.780. The van der Waals surface area contributed by atoms with Gasteiger partial charge in [0.25, 0.3) is 0 Å². The topological polar surface area (TPSA) is 72.5 Å². The number of amides is 1. The highest BCUT2D eigenvalue weighted by molar-refractivity contribution is 7.89. The van der Waals surface area contributed by atoms with Crippen molar-refractivity contribution in [2.45, 2.75) is 19.8 Å². The van der Waals surface area contributed by atoms with Crippen molar-refractivity contribution in [2.24, 2.45) is 0 Å². The molecule has 0 aromatic carbocycles. The van der Waals surface area contributed by atoms with Crippen molar-refractivity contribution < 1.29 is 17.9 Å². The van der Waals surface area contributed by atoms with Crippen LogP contribution in [0.2, 0.25) is 0 Å². The fourth-order valence-corrected chi connectivity index (χ4v) is 0.852. The van der Waals surface area contributed by atoms with Crippen LogP contribution in [0.5, 0.6) is 0 Å². The third kappa shape index (κ3) is 7.33. The van der Waals surface area contributed by atoms with Crippen LogP contribution in [0.1, 0.15) is 19.8 Å². The van der Waals surface area contributed by atoms with Gasteiger partial charge in [0, 0.05) is 0 Å². The fraction of sp³-hybridized carbons (Fsp3) is 0.833. The van der Waals surface area contributed by atoms with Crippen LogP contribution in [-0.2, 0) is 14.8 Å². The Kier molecular flexibility index (Phi) is 4.65. The number of unbranched alkanes of at least 4 members (excludes halogenated alkanes) is 1. The number of carbonyl (C=O) groups excluding carboxylic acids is 1. The summed E-state index contributed by atoms with van der Waals surface area (Å²) in [5.74, 6) is 0. The van der Waals surface area contributed by atoms with E-state index in [0.717, 1.165) is 19.1 Å². The molecular weight excluding hydrogens is 182 g/mol. The summed E-state index contributed by atoms with van der Waals surface area (Å²) in [7, 11) is -3.49. The highest BCUT2D eigenvalue weighted by Gasteiger charge is 2.07. The minimum absolute atomic E-state index is 0.248. The van der Waals surface area contributed by atoms with E-state index in [2.05, 4.69) is 4.74 Å². The number of rotatable bonds is 4. The maximum absolute atomic E-state index is 10.6. The minimum atomic E-state index is -3.49. The maximum Gasteiger partial charge on any atom is 0.420 e. The van der Waals surface area contributed by atoms with Crippen LogP contribution in [0.15, 0.2) is 0 Å². The van der Waals surface area contributed by atoms with Crippen LogP contribution in [0, 0.1) is 0 Å². The number of hydrogen-bond acceptors (Lipinski definition) is 4. The molecule has 72 valence electrons. The first-order valence-electron chi connectivity index (χ1n) is 3.60. The molecule has 0 rings (SSSR count). The number of ether oxygens (including phenoxy) is 1. The molecule has 0 aromatic rings. The molecule has 0 radical (unpaired) electrons. The van der Waals surface area contributed by atoms with Gasteiger partial charge in [0.05, 0.1) is 12.9 Å². The largest absolute Gasteiger partial charge is 0.449 e. The lowest BCUT2D eigenvalue weighted by molar-refractivity contribution is 0.151. The monoisotopic (exact) mass is 195 g/mol. The molecule has 0 heterocycles. The van der Waals surface area contributed by atoms with Crippen LogP contribution in [0.4, 0.5) is 4.79 Å². The van der Waals surface area contributed by atoms with Gasteiger partial charge in [-0.05, 0) is 6.42 Å². The summed E-state index contributed by atoms with van der Waals surface area (Å²) in [6.07, 6.45) is 1.61. The third-order valence-corrected chi connectivity index (χ3v) is 1.54. The number of nitrogens with one attached hydrogen (secondary N) is 1. The Morgan fingerprint density at radius 1 is 1.50 bits per heavy atom. The molecule has 0 fully saturated rings. The van der Waals surface area contributed by atoms with Crippen molar-refractivity contribution in [2.75, 3.05) is 12.9 Å². The van der Waals surface area contributed by atoms with Crippen molar-refractivity contribution in [1.29, 1.82) is 0 Å². The molecule has 0 aromatic heterocycles. The standard InChI is InChI=1S/C6H13NO4S/c1-3-4-5-11-6(8)7-12(2,9)10/h3-5H2,1-2H3,(H,7,8). The normalized spacial score (nSPS) is 10.8. The van der Waals surface area contributed by atoms with E-state index in [1.54, 1.807) is 4.72 Å². The Balaban J connectivity index is 3.62. The molecule has 0 spiro atoms. The summed E-state index contributed by atoms with van der Waals surface area (Å²) in [5.41, 5.74) is 0. The van der Waals surface area contributed by atoms with Gasteiger partial charge in [-0.1, -0.05) is 13.3 Å². The van der Waals surface area contributed by atoms with E-state index in [-0.39, 0.29) is 6.61 Å². The summed E-state index contributed by atoms with van der Waals surface area (Å²) in [5, 5.41) is 0. The predicted octanol–water partition coefficient (Wildman–Crippen LogP) is 0.472. The quantitative estimate of drug-likeness (QED) is 0.662. The molecule has 1 amide bonds. The van der Waals surface area contributed by atoms with Gasteiger partial charge in [-0.25, -0.2) is 17.9 Å². The fourth-order valence-electron chi connectivity index (χ4n) is 0.490. The Bertz CT molecular complexity index is 234. The summed E-state index contributed by atoms with van der Waals surface area (Å²) in [4.78, 5) is 10.6. The van der Waals surface area contributed by atoms with Crippen LogP contribution in [-0.4, -0.2) is 27.4 Å². The van der Waals surface area contributed by atoms with Crippen LogP contribution in [0.25, 0.3) is 0 Å². The molecule has 0 aliphatic carbocycles. The number of carbonyl (C=O) groups is 1. The SMILES string of the molecule is CCCCOC(=O)NS(C)(=O)=O. The van der Waals surface area contributed by atoms with Crippen LogP contribution >= 0.6 is 0 Å². The smallest absolute Gasteiger partial charge is 0.420 e. The zero-order chi connectivity index (χ0) is 9.61. The van der Waals surface area contributed by atoms with E-state index >= 15 is 0 Å². The van der Waals surface area contributed by atoms with Gasteiger partial charge in [0.2, 0.25) is 10.0 Å². The molecule has 0 bridgehead atoms. The zero-order valence-corrected chi connectivity index (χ0v) is 7.98. The zero-order valence-electron chi connectivity index (χ0n) is 7.16. The van der Waals surface area contributed by atoms with Gasteiger partial charge in [-0.3, -0.25) is 0 Å². The summed E-state index contributed by atoms with van der Waals surface area (Å²) >= 11 is 0. The van der Waals surface area contributed by atoms with E-state index < -0.39 is 16.1 Å². The second-order valence-electron chi connectivity index (χ2n) is 2.36. The highest BCUT2D eigenvalue weighted by atomic mass is 32.2. The van der Waals surface area contributed by atoms with Gasteiger partial charge in [0.15, 0.2) is 0 Å². The average Bonchev–Trinajstić information content (AvgIpc) is 1.84. The third-order valence-electron chi connectivity index (χ3n) is 1.000. The number of hydrogen-bond donors (Lipinski definition) is 1. The first-order valence-corrected chi connectivity index (χ1v) is 5.49. The molecule has 1 N–H and O–H groups in total. The molecule has 5 nitrogen and oxygen atoms in total. The lowest BCUT2D eigenvalue weighted by atomic mass is 10.4. The average molecular weight is 195 g/mol. The van der Waals surface area contributed by atoms with E-state index in [9.17, 15) is 13.2 Å². The molecule has 0 saturated carbocycles. The molecule has 0 aliphatic heterocycles. The Labute approximate surface area is 72.1 Å². The second-order valence-corrected chi connectivity index (χ2v) is 4.11. The van der Waals surface area contributed by atoms with Gasteiger partial charge in [0.1, 0.15) is 0 Å². The molecule has 0 atom stereocenters. The molecule has 0 unspecified atom stereocenters. The minimum Gasteiger partial charge on any atom is -0.449 e. The summed E-state index contributed by atoms with van der Waals surface area (Å²) in [6, 6.07) is 0. The van der Waals surface area contributed by atoms with Crippen molar-refractivity contribution in [3.8, 4) is 0 Å². The first-order chi connectivity index (χ1) is 5.45. The van der Waals surface area contributed by atoms with Crippen molar-refractivity contribution in [3.63, 3.8) is 0 Å². The Morgan fingerprint density at radius 3 is 2.50 bits per heavy atom. The molecule has 0 saturated heterocycles. The summed E-state index contributed by atoms with van der Waals surface area (Å²) < 4.78 is 27.1. The highest BCUT2D eigenvalue weighted by Crippen LogP contribution is 1.88. The van der Waals surface area contributed by atoms with E-state index in [4.69, 9.17) is 0 Å². The van der Waals surface area contributed by atoms with Gasteiger partial charge >= 0.3 is 6.09 Å². The van der Waals surface area contributed by atoms with Gasteiger partial charge < -0.3 is 4.74 Å². The molecular formula is C6H13NO4S. The predicted molar refractivity (Wildman–Crippen MR) is 44.2 cm³/mol. The van der Waals surface area contributed by atoms with E-state index in [0.29, 0.717) is 0 Å². The summed E-state index contributed by atoms with van der Waals surface area (Å²) in [6.45, 7) is 2.19. The Morgan fingerprint density at radius 2 is 2.08 bits per heavy atom. The van der Waals surface area contributed by atoms with Crippen LogP contribution < -0.4 is 4.72 Å². The van der Waals surface area contributed by atoms with Gasteiger partial charge in [-0.2, -0.15) is 0 Å². The lowest BCUT2D eigenvalue weighted by Gasteiger charge is -2.03. The van der Waals surface area contributed by atoms with E-state index in [1.165, 1.54) is 0 Å². The maximum atomic E-state index is 10.6. The second kappa shape index (κ2) is 4.97. The van der Waals surface area contributed by atoms with Crippen molar-refractivity contribution in [1.82, 2.24) is 4.72 Å². The van der Waals surface area contributed by atoms with Crippen molar-refractivity contribution in [3.05, 3.63) is 0 Å². The van der Waals surface area contributed by atoms with E-state index in [1.807, 2.05) is 6.92 Å². The first kappa shape index (κ1) is 11.2. The van der Waals surface area contributed by atoms with Crippen molar-refractivity contribution >= 4 is 16.1 Å². The van der Waals surface area contributed by atoms with Crippen LogP contribution in [0.3, 0.4) is 0 Å². The molecule has 12 heavy (non-hydrogen) atoms. The molecule has 0 aliphatic rings. The van der Waals surface area contributed by atoms with Gasteiger partial charge in [-0.15, -0.1) is 0 Å².